The number of phenols is 1. The van der Waals surface area contributed by atoms with Gasteiger partial charge in [-0.2, -0.15) is 9.78 Å². The summed E-state index contributed by atoms with van der Waals surface area (Å²) in [5.74, 6) is -1.31. The van der Waals surface area contributed by atoms with Crippen LogP contribution in [0.1, 0.15) is 15.9 Å². The number of hydrogen-bond donors (Lipinski definition) is 2. The average Bonchev–Trinajstić information content (AvgIpc) is 2.83. The number of amides is 1. The number of hydrogen-bond acceptors (Lipinski definition) is 6. The van der Waals surface area contributed by atoms with Crippen LogP contribution in [0.15, 0.2) is 35.6 Å². The third-order valence-electron chi connectivity index (χ3n) is 2.53. The van der Waals surface area contributed by atoms with E-state index in [0.29, 0.717) is 5.56 Å². The molecule has 21 heavy (non-hydrogen) atoms. The van der Waals surface area contributed by atoms with Crippen molar-refractivity contribution in [1.29, 1.82) is 0 Å². The van der Waals surface area contributed by atoms with Crippen molar-refractivity contribution in [1.82, 2.24) is 15.2 Å². The van der Waals surface area contributed by atoms with Gasteiger partial charge in [-0.25, -0.2) is 5.43 Å². The summed E-state index contributed by atoms with van der Waals surface area (Å²) in [5, 5.41) is 27.5. The molecule has 1 heterocycles. The Bertz CT molecular complexity index is 722. The number of rotatable bonds is 4. The molecule has 108 valence electrons. The van der Waals surface area contributed by atoms with Crippen LogP contribution in [0.25, 0.3) is 0 Å². The van der Waals surface area contributed by atoms with E-state index < -0.39 is 16.6 Å². The Hall–Kier alpha value is -3.23. The SMILES string of the molecule is Cn1cc(C(=O)NN=Cc2ccccc2O)c([N+](=O)[O-])n1. The molecule has 0 bridgehead atoms. The average molecular weight is 289 g/mol. The molecule has 0 aliphatic carbocycles. The summed E-state index contributed by atoms with van der Waals surface area (Å²) in [6.07, 6.45) is 2.46. The van der Waals surface area contributed by atoms with Gasteiger partial charge in [0.25, 0.3) is 5.91 Å². The van der Waals surface area contributed by atoms with Crippen molar-refractivity contribution in [2.75, 3.05) is 0 Å². The summed E-state index contributed by atoms with van der Waals surface area (Å²) >= 11 is 0. The van der Waals surface area contributed by atoms with Crippen molar-refractivity contribution >= 4 is 17.9 Å². The number of aromatic nitrogens is 2. The van der Waals surface area contributed by atoms with E-state index >= 15 is 0 Å². The second kappa shape index (κ2) is 5.82. The first-order chi connectivity index (χ1) is 9.99. The van der Waals surface area contributed by atoms with E-state index in [1.165, 1.54) is 30.2 Å². The summed E-state index contributed by atoms with van der Waals surface area (Å²) in [4.78, 5) is 21.8. The minimum absolute atomic E-state index is 0.00265. The van der Waals surface area contributed by atoms with Gasteiger partial charge in [-0.3, -0.25) is 4.79 Å². The molecule has 2 N–H and O–H groups in total. The first kappa shape index (κ1) is 14.2. The number of nitro groups is 1. The smallest absolute Gasteiger partial charge is 0.402 e. The molecule has 0 aliphatic heterocycles. The quantitative estimate of drug-likeness (QED) is 0.489. The Balaban J connectivity index is 2.12. The van der Waals surface area contributed by atoms with Gasteiger partial charge < -0.3 is 15.2 Å². The van der Waals surface area contributed by atoms with Crippen molar-refractivity contribution < 1.29 is 14.8 Å². The maximum atomic E-state index is 11.8. The number of benzene rings is 1. The number of nitrogens with zero attached hydrogens (tertiary/aromatic N) is 4. The van der Waals surface area contributed by atoms with Gasteiger partial charge >= 0.3 is 5.82 Å². The van der Waals surface area contributed by atoms with Crippen LogP contribution in [0.3, 0.4) is 0 Å². The number of aromatic hydroxyl groups is 1. The second-order valence-corrected chi connectivity index (χ2v) is 4.06. The molecule has 9 nitrogen and oxygen atoms in total. The number of hydrazone groups is 1. The van der Waals surface area contributed by atoms with E-state index in [0.717, 1.165) is 0 Å². The van der Waals surface area contributed by atoms with E-state index in [4.69, 9.17) is 0 Å². The molecule has 1 aromatic heterocycles. The number of nitrogens with one attached hydrogen (secondary N) is 1. The fourth-order valence-electron chi connectivity index (χ4n) is 1.59. The number of aryl methyl sites for hydroxylation is 1. The van der Waals surface area contributed by atoms with Gasteiger partial charge in [0.05, 0.1) is 24.6 Å². The van der Waals surface area contributed by atoms with Gasteiger partial charge in [0.1, 0.15) is 5.75 Å². The van der Waals surface area contributed by atoms with Crippen LogP contribution in [0.5, 0.6) is 5.75 Å². The number of phenolic OH excluding ortho intramolecular Hbond substituents is 1. The molecular weight excluding hydrogens is 278 g/mol. The van der Waals surface area contributed by atoms with Gasteiger partial charge in [-0.05, 0) is 17.1 Å². The van der Waals surface area contributed by atoms with Gasteiger partial charge in [-0.1, -0.05) is 12.1 Å². The second-order valence-electron chi connectivity index (χ2n) is 4.06. The Kier molecular flexibility index (Phi) is 3.93. The van der Waals surface area contributed by atoms with Crippen LogP contribution in [-0.2, 0) is 7.05 Å². The highest BCUT2D eigenvalue weighted by Gasteiger charge is 2.25. The lowest BCUT2D eigenvalue weighted by atomic mass is 10.2. The first-order valence-electron chi connectivity index (χ1n) is 5.78. The third kappa shape index (κ3) is 3.21. The fraction of sp³-hybridized carbons (Fsp3) is 0.0833. The highest BCUT2D eigenvalue weighted by atomic mass is 16.6. The van der Waals surface area contributed by atoms with Crippen molar-refractivity contribution in [3.05, 3.63) is 51.7 Å². The standard InChI is InChI=1S/C12H11N5O4/c1-16-7-9(11(15-16)17(20)21)12(19)14-13-6-8-4-2-3-5-10(8)18/h2-7,18H,1H3,(H,14,19). The minimum Gasteiger partial charge on any atom is -0.507 e. The lowest BCUT2D eigenvalue weighted by Crippen LogP contribution is -2.18. The normalized spacial score (nSPS) is 10.7. The predicted octanol–water partition coefficient (Wildman–Crippen LogP) is 0.798. The van der Waals surface area contributed by atoms with Gasteiger partial charge in [-0.15, -0.1) is 0 Å². The van der Waals surface area contributed by atoms with Crippen LogP contribution >= 0.6 is 0 Å². The maximum Gasteiger partial charge on any atom is 0.402 e. The summed E-state index contributed by atoms with van der Waals surface area (Å²) in [5.41, 5.74) is 2.35. The van der Waals surface area contributed by atoms with E-state index in [2.05, 4.69) is 15.6 Å². The van der Waals surface area contributed by atoms with Crippen LogP contribution in [0, 0.1) is 10.1 Å². The zero-order chi connectivity index (χ0) is 15.4. The largest absolute Gasteiger partial charge is 0.507 e. The van der Waals surface area contributed by atoms with Gasteiger partial charge in [0.2, 0.25) is 0 Å². The summed E-state index contributed by atoms with van der Waals surface area (Å²) in [6, 6.07) is 6.39. The zero-order valence-corrected chi connectivity index (χ0v) is 10.9. The maximum absolute atomic E-state index is 11.8. The highest BCUT2D eigenvalue weighted by Crippen LogP contribution is 2.15. The molecule has 0 atom stereocenters. The molecule has 0 fully saturated rings. The molecule has 2 rings (SSSR count). The zero-order valence-electron chi connectivity index (χ0n) is 10.9. The Morgan fingerprint density at radius 1 is 1.52 bits per heavy atom. The van der Waals surface area contributed by atoms with E-state index in [9.17, 15) is 20.0 Å². The number of carbonyl (C=O) groups is 1. The van der Waals surface area contributed by atoms with E-state index in [-0.39, 0.29) is 11.3 Å². The Morgan fingerprint density at radius 2 is 2.24 bits per heavy atom. The van der Waals surface area contributed by atoms with Gasteiger partial charge in [0, 0.05) is 5.56 Å². The molecule has 0 saturated heterocycles. The van der Waals surface area contributed by atoms with Crippen LogP contribution < -0.4 is 5.43 Å². The third-order valence-corrected chi connectivity index (χ3v) is 2.53. The molecule has 0 aliphatic rings. The molecule has 1 aromatic carbocycles. The molecule has 0 unspecified atom stereocenters. The molecule has 0 spiro atoms. The minimum atomic E-state index is -0.763. The summed E-state index contributed by atoms with van der Waals surface area (Å²) < 4.78 is 1.17. The van der Waals surface area contributed by atoms with Crippen LogP contribution in [0.2, 0.25) is 0 Å². The lowest BCUT2D eigenvalue weighted by molar-refractivity contribution is -0.390. The number of carbonyl (C=O) groups excluding carboxylic acids is 1. The lowest BCUT2D eigenvalue weighted by Gasteiger charge is -1.98. The molecular formula is C12H11N5O4. The van der Waals surface area contributed by atoms with E-state index in [1.807, 2.05) is 0 Å². The molecule has 9 heteroatoms. The van der Waals surface area contributed by atoms with Crippen molar-refractivity contribution in [2.24, 2.45) is 12.1 Å². The highest BCUT2D eigenvalue weighted by molar-refractivity contribution is 5.97. The van der Waals surface area contributed by atoms with Crippen molar-refractivity contribution in [2.45, 2.75) is 0 Å². The first-order valence-corrected chi connectivity index (χ1v) is 5.78. The van der Waals surface area contributed by atoms with Crippen LogP contribution in [0.4, 0.5) is 5.82 Å². The monoisotopic (exact) mass is 289 g/mol. The van der Waals surface area contributed by atoms with E-state index in [1.54, 1.807) is 18.2 Å². The summed E-state index contributed by atoms with van der Waals surface area (Å²) in [6.45, 7) is 0. The van der Waals surface area contributed by atoms with Crippen molar-refractivity contribution in [3.63, 3.8) is 0 Å². The summed E-state index contributed by atoms with van der Waals surface area (Å²) in [7, 11) is 1.47. The molecule has 1 amide bonds. The molecule has 2 aromatic rings. The van der Waals surface area contributed by atoms with Crippen molar-refractivity contribution in [3.8, 4) is 5.75 Å². The topological polar surface area (TPSA) is 123 Å². The van der Waals surface area contributed by atoms with Crippen LogP contribution in [-0.4, -0.2) is 31.9 Å². The Morgan fingerprint density at radius 3 is 2.90 bits per heavy atom. The molecule has 0 radical (unpaired) electrons. The molecule has 0 saturated carbocycles. The predicted molar refractivity (Wildman–Crippen MR) is 73.0 cm³/mol. The number of para-hydroxylation sites is 1. The Labute approximate surface area is 118 Å². The van der Waals surface area contributed by atoms with Gasteiger partial charge in [0.15, 0.2) is 5.56 Å². The fourth-order valence-corrected chi connectivity index (χ4v) is 1.59.